The van der Waals surface area contributed by atoms with Crippen molar-refractivity contribution in [3.8, 4) is 0 Å². The molecule has 2 atom stereocenters. The second-order valence-corrected chi connectivity index (χ2v) is 11.3. The number of nitrogens with zero attached hydrogens (tertiary/aromatic N) is 1. The summed E-state index contributed by atoms with van der Waals surface area (Å²) in [7, 11) is 0. The smallest absolute Gasteiger partial charge is 0.408 e. The molecule has 9 nitrogen and oxygen atoms in total. The molecule has 38 heavy (non-hydrogen) atoms. The number of rotatable bonds is 12. The van der Waals surface area contributed by atoms with Gasteiger partial charge in [0.25, 0.3) is 0 Å². The van der Waals surface area contributed by atoms with Crippen LogP contribution < -0.4 is 10.6 Å². The van der Waals surface area contributed by atoms with Crippen molar-refractivity contribution in [1.82, 2.24) is 15.5 Å². The molecule has 2 rings (SSSR count). The van der Waals surface area contributed by atoms with Crippen molar-refractivity contribution >= 4 is 23.9 Å². The van der Waals surface area contributed by atoms with Gasteiger partial charge in [0.15, 0.2) is 0 Å². The highest BCUT2D eigenvalue weighted by Crippen LogP contribution is 2.34. The fourth-order valence-corrected chi connectivity index (χ4v) is 4.31. The van der Waals surface area contributed by atoms with E-state index in [-0.39, 0.29) is 43.3 Å². The predicted molar refractivity (Wildman–Crippen MR) is 145 cm³/mol. The average molecular weight is 532 g/mol. The SMILES string of the molecule is CCOC(=O)CCNC(=O)C(c1ccc(C)cc1)N(C(=O)C(CC(C)C)NC(=O)OC(C)(C)C)C1CCC1. The molecule has 0 bridgehead atoms. The Kier molecular flexibility index (Phi) is 11.6. The number of benzene rings is 1. The van der Waals surface area contributed by atoms with E-state index in [0.29, 0.717) is 12.0 Å². The summed E-state index contributed by atoms with van der Waals surface area (Å²) in [5.74, 6) is -0.983. The molecule has 2 unspecified atom stereocenters. The lowest BCUT2D eigenvalue weighted by molar-refractivity contribution is -0.148. The molecule has 1 aliphatic rings. The van der Waals surface area contributed by atoms with E-state index in [2.05, 4.69) is 10.6 Å². The Morgan fingerprint density at radius 3 is 2.21 bits per heavy atom. The van der Waals surface area contributed by atoms with Gasteiger partial charge in [-0.05, 0) is 71.8 Å². The lowest BCUT2D eigenvalue weighted by Gasteiger charge is -2.43. The number of carbonyl (C=O) groups is 4. The van der Waals surface area contributed by atoms with Gasteiger partial charge in [-0.3, -0.25) is 14.4 Å². The first-order valence-corrected chi connectivity index (χ1v) is 13.6. The zero-order chi connectivity index (χ0) is 28.5. The zero-order valence-corrected chi connectivity index (χ0v) is 24.0. The van der Waals surface area contributed by atoms with E-state index in [4.69, 9.17) is 9.47 Å². The van der Waals surface area contributed by atoms with Gasteiger partial charge < -0.3 is 25.0 Å². The topological polar surface area (TPSA) is 114 Å². The van der Waals surface area contributed by atoms with E-state index in [1.807, 2.05) is 45.0 Å². The van der Waals surface area contributed by atoms with Crippen molar-refractivity contribution in [1.29, 1.82) is 0 Å². The number of hydrogen-bond acceptors (Lipinski definition) is 6. The summed E-state index contributed by atoms with van der Waals surface area (Å²) >= 11 is 0. The molecule has 1 saturated carbocycles. The first-order chi connectivity index (χ1) is 17.8. The van der Waals surface area contributed by atoms with Crippen LogP contribution in [0.3, 0.4) is 0 Å². The van der Waals surface area contributed by atoms with E-state index in [9.17, 15) is 19.2 Å². The minimum absolute atomic E-state index is 0.0355. The molecule has 0 radical (unpaired) electrons. The lowest BCUT2D eigenvalue weighted by atomic mass is 9.87. The third kappa shape index (κ3) is 9.65. The highest BCUT2D eigenvalue weighted by Gasteiger charge is 2.42. The highest BCUT2D eigenvalue weighted by atomic mass is 16.6. The maximum atomic E-state index is 14.2. The molecule has 0 heterocycles. The van der Waals surface area contributed by atoms with Crippen molar-refractivity contribution in [2.24, 2.45) is 5.92 Å². The van der Waals surface area contributed by atoms with Crippen LogP contribution in [0.2, 0.25) is 0 Å². The highest BCUT2D eigenvalue weighted by molar-refractivity contribution is 5.92. The van der Waals surface area contributed by atoms with E-state index < -0.39 is 29.7 Å². The fourth-order valence-electron chi connectivity index (χ4n) is 4.31. The fraction of sp³-hybridized carbons (Fsp3) is 0.655. The number of nitrogens with one attached hydrogen (secondary N) is 2. The van der Waals surface area contributed by atoms with Crippen LogP contribution in [0.15, 0.2) is 24.3 Å². The van der Waals surface area contributed by atoms with Crippen molar-refractivity contribution in [2.45, 2.75) is 104 Å². The number of hydrogen-bond donors (Lipinski definition) is 2. The van der Waals surface area contributed by atoms with Gasteiger partial charge in [0, 0.05) is 12.6 Å². The van der Waals surface area contributed by atoms with Crippen LogP contribution in [0.5, 0.6) is 0 Å². The minimum Gasteiger partial charge on any atom is -0.466 e. The monoisotopic (exact) mass is 531 g/mol. The van der Waals surface area contributed by atoms with Gasteiger partial charge in [-0.15, -0.1) is 0 Å². The first kappa shape index (κ1) is 31.1. The summed E-state index contributed by atoms with van der Waals surface area (Å²) in [5.41, 5.74) is 0.984. The summed E-state index contributed by atoms with van der Waals surface area (Å²) in [6.45, 7) is 13.3. The number of amides is 3. The number of esters is 1. The molecule has 3 amide bonds. The van der Waals surface area contributed by atoms with E-state index >= 15 is 0 Å². The maximum absolute atomic E-state index is 14.2. The molecule has 1 fully saturated rings. The quantitative estimate of drug-likeness (QED) is 0.386. The molecule has 1 aliphatic carbocycles. The molecule has 9 heteroatoms. The van der Waals surface area contributed by atoms with Crippen molar-refractivity contribution in [3.63, 3.8) is 0 Å². The molecular weight excluding hydrogens is 486 g/mol. The van der Waals surface area contributed by atoms with Crippen LogP contribution in [-0.4, -0.2) is 59.6 Å². The molecule has 0 spiro atoms. The zero-order valence-electron chi connectivity index (χ0n) is 24.0. The molecular formula is C29H45N3O6. The summed E-state index contributed by atoms with van der Waals surface area (Å²) in [6.07, 6.45) is 2.25. The van der Waals surface area contributed by atoms with Gasteiger partial charge in [0.05, 0.1) is 13.0 Å². The van der Waals surface area contributed by atoms with Crippen molar-refractivity contribution in [3.05, 3.63) is 35.4 Å². The lowest BCUT2D eigenvalue weighted by Crippen LogP contribution is -2.57. The second-order valence-electron chi connectivity index (χ2n) is 11.3. The molecule has 0 aromatic heterocycles. The van der Waals surface area contributed by atoms with Gasteiger partial charge >= 0.3 is 12.1 Å². The predicted octanol–water partition coefficient (Wildman–Crippen LogP) is 4.43. The Morgan fingerprint density at radius 1 is 1.08 bits per heavy atom. The number of aryl methyl sites for hydroxylation is 1. The van der Waals surface area contributed by atoms with Gasteiger partial charge in [0.1, 0.15) is 17.7 Å². The third-order valence-electron chi connectivity index (χ3n) is 6.27. The van der Waals surface area contributed by atoms with Crippen LogP contribution in [0.1, 0.15) is 90.8 Å². The van der Waals surface area contributed by atoms with Crippen LogP contribution in [0.4, 0.5) is 4.79 Å². The molecule has 0 aliphatic heterocycles. The van der Waals surface area contributed by atoms with Gasteiger partial charge in [-0.25, -0.2) is 4.79 Å². The average Bonchev–Trinajstić information content (AvgIpc) is 2.76. The maximum Gasteiger partial charge on any atom is 0.408 e. The first-order valence-electron chi connectivity index (χ1n) is 13.6. The van der Waals surface area contributed by atoms with Gasteiger partial charge in [0.2, 0.25) is 11.8 Å². The Hall–Kier alpha value is -3.10. The van der Waals surface area contributed by atoms with E-state index in [1.54, 1.807) is 32.6 Å². The van der Waals surface area contributed by atoms with E-state index in [1.165, 1.54) is 0 Å². The summed E-state index contributed by atoms with van der Waals surface area (Å²) < 4.78 is 10.4. The number of ether oxygens (including phenoxy) is 2. The molecule has 0 saturated heterocycles. The third-order valence-corrected chi connectivity index (χ3v) is 6.27. The summed E-state index contributed by atoms with van der Waals surface area (Å²) in [4.78, 5) is 53.9. The Balaban J connectivity index is 2.40. The van der Waals surface area contributed by atoms with Crippen molar-refractivity contribution < 1.29 is 28.7 Å². The van der Waals surface area contributed by atoms with E-state index in [0.717, 1.165) is 24.8 Å². The molecule has 1 aromatic rings. The molecule has 212 valence electrons. The molecule has 2 N–H and O–H groups in total. The van der Waals surface area contributed by atoms with Crippen LogP contribution in [0, 0.1) is 12.8 Å². The second kappa shape index (κ2) is 14.2. The number of carbonyl (C=O) groups excluding carboxylic acids is 4. The minimum atomic E-state index is -0.911. The van der Waals surface area contributed by atoms with Crippen molar-refractivity contribution in [2.75, 3.05) is 13.2 Å². The summed E-state index contributed by atoms with van der Waals surface area (Å²) in [5, 5.41) is 5.60. The van der Waals surface area contributed by atoms with Gasteiger partial charge in [-0.1, -0.05) is 43.7 Å². The van der Waals surface area contributed by atoms with Crippen LogP contribution in [0.25, 0.3) is 0 Å². The van der Waals surface area contributed by atoms with Crippen LogP contribution >= 0.6 is 0 Å². The largest absolute Gasteiger partial charge is 0.466 e. The normalized spacial score (nSPS) is 15.2. The summed E-state index contributed by atoms with van der Waals surface area (Å²) in [6, 6.07) is 5.60. The Labute approximate surface area is 227 Å². The molecule has 1 aromatic carbocycles. The Morgan fingerprint density at radius 2 is 1.71 bits per heavy atom. The number of alkyl carbamates (subject to hydrolysis) is 1. The Bertz CT molecular complexity index is 950. The van der Waals surface area contributed by atoms with Crippen LogP contribution in [-0.2, 0) is 23.9 Å². The standard InChI is InChI=1S/C29H45N3O6/c1-8-37-24(33)16-17-30-26(34)25(21-14-12-20(4)13-15-21)32(22-10-9-11-22)27(35)23(18-19(2)3)31-28(36)38-29(5,6)7/h12-15,19,22-23,25H,8-11,16-18H2,1-7H3,(H,30,34)(H,31,36). The van der Waals surface area contributed by atoms with Gasteiger partial charge in [-0.2, -0.15) is 0 Å².